The van der Waals surface area contributed by atoms with Crippen molar-refractivity contribution in [3.63, 3.8) is 0 Å². The van der Waals surface area contributed by atoms with Gasteiger partial charge in [0.2, 0.25) is 0 Å². The third kappa shape index (κ3) is 3.06. The van der Waals surface area contributed by atoms with E-state index in [4.69, 9.17) is 5.73 Å². The fourth-order valence-corrected chi connectivity index (χ4v) is 2.29. The molecule has 0 amide bonds. The maximum absolute atomic E-state index is 9.44. The Kier molecular flexibility index (Phi) is 4.54. The summed E-state index contributed by atoms with van der Waals surface area (Å²) in [6.07, 6.45) is 6.33. The molecule has 2 rings (SSSR count). The van der Waals surface area contributed by atoms with Crippen LogP contribution >= 0.6 is 0 Å². The first kappa shape index (κ1) is 14.3. The SMILES string of the molecule is CCCc1nccn1CCC(N)(C#N)c1ccccc1. The lowest BCUT2D eigenvalue weighted by molar-refractivity contribution is 0.464. The van der Waals surface area contributed by atoms with Gasteiger partial charge < -0.3 is 10.3 Å². The second-order valence-corrected chi connectivity index (χ2v) is 4.99. The summed E-state index contributed by atoms with van der Waals surface area (Å²) >= 11 is 0. The van der Waals surface area contributed by atoms with E-state index < -0.39 is 5.54 Å². The molecule has 104 valence electrons. The van der Waals surface area contributed by atoms with E-state index in [-0.39, 0.29) is 0 Å². The van der Waals surface area contributed by atoms with Gasteiger partial charge in [0, 0.05) is 31.8 Å². The third-order valence-electron chi connectivity index (χ3n) is 3.51. The number of hydrogen-bond donors (Lipinski definition) is 1. The molecule has 1 atom stereocenters. The Hall–Kier alpha value is -2.12. The average molecular weight is 268 g/mol. The predicted octanol–water partition coefficient (Wildman–Crippen LogP) is 2.60. The van der Waals surface area contributed by atoms with Crippen LogP contribution < -0.4 is 5.73 Å². The van der Waals surface area contributed by atoms with E-state index in [0.29, 0.717) is 13.0 Å². The molecule has 0 saturated heterocycles. The van der Waals surface area contributed by atoms with Crippen LogP contribution in [0.1, 0.15) is 31.2 Å². The van der Waals surface area contributed by atoms with Crippen molar-refractivity contribution >= 4 is 0 Å². The molecule has 0 spiro atoms. The fourth-order valence-electron chi connectivity index (χ4n) is 2.29. The Morgan fingerprint density at radius 3 is 2.75 bits per heavy atom. The Balaban J connectivity index is 2.12. The van der Waals surface area contributed by atoms with Crippen LogP contribution in [0.3, 0.4) is 0 Å². The van der Waals surface area contributed by atoms with Crippen molar-refractivity contribution in [3.8, 4) is 6.07 Å². The number of hydrogen-bond acceptors (Lipinski definition) is 3. The summed E-state index contributed by atoms with van der Waals surface area (Å²) in [7, 11) is 0. The summed E-state index contributed by atoms with van der Waals surface area (Å²) in [4.78, 5) is 4.34. The van der Waals surface area contributed by atoms with E-state index in [2.05, 4.69) is 22.5 Å². The van der Waals surface area contributed by atoms with Crippen LogP contribution in [0.25, 0.3) is 0 Å². The molecule has 1 heterocycles. The van der Waals surface area contributed by atoms with Gasteiger partial charge in [0.1, 0.15) is 11.4 Å². The second-order valence-electron chi connectivity index (χ2n) is 4.99. The van der Waals surface area contributed by atoms with Gasteiger partial charge >= 0.3 is 0 Å². The van der Waals surface area contributed by atoms with Gasteiger partial charge in [0.05, 0.1) is 6.07 Å². The zero-order valence-electron chi connectivity index (χ0n) is 11.8. The number of rotatable bonds is 6. The van der Waals surface area contributed by atoms with Gasteiger partial charge in [0.25, 0.3) is 0 Å². The molecule has 0 fully saturated rings. The summed E-state index contributed by atoms with van der Waals surface area (Å²) < 4.78 is 2.09. The first-order valence-electron chi connectivity index (χ1n) is 6.95. The van der Waals surface area contributed by atoms with Crippen LogP contribution in [0.15, 0.2) is 42.7 Å². The molecule has 0 radical (unpaired) electrons. The highest BCUT2D eigenvalue weighted by molar-refractivity contribution is 5.30. The molecule has 1 aromatic heterocycles. The van der Waals surface area contributed by atoms with Gasteiger partial charge in [-0.05, 0) is 12.0 Å². The number of imidazole rings is 1. The quantitative estimate of drug-likeness (QED) is 0.875. The maximum Gasteiger partial charge on any atom is 0.131 e. The van der Waals surface area contributed by atoms with Crippen LogP contribution in [0, 0.1) is 11.3 Å². The van der Waals surface area contributed by atoms with Crippen molar-refractivity contribution in [1.82, 2.24) is 9.55 Å². The van der Waals surface area contributed by atoms with Gasteiger partial charge in [-0.1, -0.05) is 37.3 Å². The largest absolute Gasteiger partial charge is 0.335 e. The normalized spacial score (nSPS) is 13.7. The fraction of sp³-hybridized carbons (Fsp3) is 0.375. The molecule has 0 aliphatic heterocycles. The summed E-state index contributed by atoms with van der Waals surface area (Å²) in [5.41, 5.74) is 6.18. The minimum absolute atomic E-state index is 0.570. The van der Waals surface area contributed by atoms with E-state index in [1.54, 1.807) is 6.20 Å². The van der Waals surface area contributed by atoms with Gasteiger partial charge in [-0.15, -0.1) is 0 Å². The number of nitrogens with two attached hydrogens (primary N) is 1. The lowest BCUT2D eigenvalue weighted by atomic mass is 9.89. The zero-order valence-corrected chi connectivity index (χ0v) is 11.8. The molecule has 2 N–H and O–H groups in total. The number of nitrogens with zero attached hydrogens (tertiary/aromatic N) is 3. The van der Waals surface area contributed by atoms with E-state index in [1.807, 2.05) is 36.5 Å². The minimum atomic E-state index is -0.949. The molecule has 0 aliphatic carbocycles. The van der Waals surface area contributed by atoms with E-state index in [0.717, 1.165) is 24.2 Å². The van der Waals surface area contributed by atoms with E-state index >= 15 is 0 Å². The van der Waals surface area contributed by atoms with Crippen molar-refractivity contribution in [3.05, 3.63) is 54.1 Å². The molecule has 1 unspecified atom stereocenters. The highest BCUT2D eigenvalue weighted by Gasteiger charge is 2.26. The number of nitriles is 1. The van der Waals surface area contributed by atoms with Gasteiger partial charge in [-0.25, -0.2) is 4.98 Å². The topological polar surface area (TPSA) is 67.6 Å². The van der Waals surface area contributed by atoms with E-state index in [1.165, 1.54) is 0 Å². The molecule has 1 aromatic carbocycles. The van der Waals surface area contributed by atoms with Crippen molar-refractivity contribution in [2.75, 3.05) is 0 Å². The van der Waals surface area contributed by atoms with Gasteiger partial charge in [0.15, 0.2) is 0 Å². The lowest BCUT2D eigenvalue weighted by Gasteiger charge is -2.22. The van der Waals surface area contributed by atoms with Crippen LogP contribution in [0.2, 0.25) is 0 Å². The molecule has 4 heteroatoms. The van der Waals surface area contributed by atoms with Crippen molar-refractivity contribution < 1.29 is 0 Å². The molecule has 20 heavy (non-hydrogen) atoms. The Labute approximate surface area is 119 Å². The molecule has 0 aliphatic rings. The molecular formula is C16H20N4. The van der Waals surface area contributed by atoms with Crippen LogP contribution in [0.5, 0.6) is 0 Å². The third-order valence-corrected chi connectivity index (χ3v) is 3.51. The summed E-state index contributed by atoms with van der Waals surface area (Å²) in [5, 5.41) is 9.44. The first-order chi connectivity index (χ1) is 9.69. The van der Waals surface area contributed by atoms with Crippen molar-refractivity contribution in [1.29, 1.82) is 5.26 Å². The second kappa shape index (κ2) is 6.36. The van der Waals surface area contributed by atoms with E-state index in [9.17, 15) is 5.26 Å². The van der Waals surface area contributed by atoms with Crippen LogP contribution in [-0.4, -0.2) is 9.55 Å². The maximum atomic E-state index is 9.44. The van der Waals surface area contributed by atoms with Gasteiger partial charge in [-0.2, -0.15) is 5.26 Å². The summed E-state index contributed by atoms with van der Waals surface area (Å²) in [6, 6.07) is 11.8. The number of aromatic nitrogens is 2. The Morgan fingerprint density at radius 2 is 2.10 bits per heavy atom. The predicted molar refractivity (Wildman–Crippen MR) is 78.8 cm³/mol. The smallest absolute Gasteiger partial charge is 0.131 e. The standard InChI is InChI=1S/C16H20N4/c1-2-6-15-19-10-12-20(15)11-9-16(18,13-17)14-7-4-3-5-8-14/h3-5,7-8,10,12H,2,6,9,11,18H2,1H3. The summed E-state index contributed by atoms with van der Waals surface area (Å²) in [5.74, 6) is 1.06. The number of aryl methyl sites for hydroxylation is 2. The zero-order chi connectivity index (χ0) is 14.4. The van der Waals surface area contributed by atoms with Crippen LogP contribution in [-0.2, 0) is 18.5 Å². The highest BCUT2D eigenvalue weighted by Crippen LogP contribution is 2.22. The Morgan fingerprint density at radius 1 is 1.35 bits per heavy atom. The lowest BCUT2D eigenvalue weighted by Crippen LogP contribution is -2.36. The van der Waals surface area contributed by atoms with Crippen LogP contribution in [0.4, 0.5) is 0 Å². The minimum Gasteiger partial charge on any atom is -0.335 e. The molecular weight excluding hydrogens is 248 g/mol. The van der Waals surface area contributed by atoms with Crippen molar-refractivity contribution in [2.45, 2.75) is 38.3 Å². The molecule has 0 saturated carbocycles. The number of benzene rings is 1. The monoisotopic (exact) mass is 268 g/mol. The highest BCUT2D eigenvalue weighted by atomic mass is 15.1. The molecule has 0 bridgehead atoms. The van der Waals surface area contributed by atoms with Crippen molar-refractivity contribution in [2.24, 2.45) is 5.73 Å². The van der Waals surface area contributed by atoms with Gasteiger partial charge in [-0.3, -0.25) is 0 Å². The molecule has 2 aromatic rings. The Bertz CT molecular complexity index is 582. The molecule has 4 nitrogen and oxygen atoms in total. The average Bonchev–Trinajstić information content (AvgIpc) is 2.93. The summed E-state index contributed by atoms with van der Waals surface area (Å²) in [6.45, 7) is 2.83. The first-order valence-corrected chi connectivity index (χ1v) is 6.95.